The zero-order valence-corrected chi connectivity index (χ0v) is 9.25. The summed E-state index contributed by atoms with van der Waals surface area (Å²) < 4.78 is 0. The second-order valence-corrected chi connectivity index (χ2v) is 3.88. The fraction of sp³-hybridized carbons (Fsp3) is 0.455. The maximum atomic E-state index is 9.65. The first-order chi connectivity index (χ1) is 6.57. The minimum Gasteiger partial charge on any atom is -0.391 e. The number of nitrogens with two attached hydrogens (primary N) is 1. The average Bonchev–Trinajstić information content (AvgIpc) is 2.16. The number of benzene rings is 1. The molecule has 78 valence electrons. The van der Waals surface area contributed by atoms with Gasteiger partial charge in [0.2, 0.25) is 0 Å². The molecule has 0 amide bonds. The molecule has 0 unspecified atom stereocenters. The van der Waals surface area contributed by atoms with E-state index in [-0.39, 0.29) is 0 Å². The van der Waals surface area contributed by atoms with Crippen molar-refractivity contribution in [2.75, 3.05) is 0 Å². The molecule has 3 N–H and O–H groups in total. The van der Waals surface area contributed by atoms with Gasteiger partial charge in [-0.25, -0.2) is 0 Å². The van der Waals surface area contributed by atoms with Crippen molar-refractivity contribution < 1.29 is 5.11 Å². The van der Waals surface area contributed by atoms with Crippen LogP contribution < -0.4 is 5.73 Å². The lowest BCUT2D eigenvalue weighted by molar-refractivity contribution is 0.140. The zero-order chi connectivity index (χ0) is 10.7. The van der Waals surface area contributed by atoms with E-state index >= 15 is 0 Å². The molecule has 0 fully saturated rings. The summed E-state index contributed by atoms with van der Waals surface area (Å²) in [6, 6.07) is 5.23. The maximum absolute atomic E-state index is 9.65. The van der Waals surface area contributed by atoms with Crippen molar-refractivity contribution in [2.24, 2.45) is 5.73 Å². The van der Waals surface area contributed by atoms with Gasteiger partial charge in [0.1, 0.15) is 0 Å². The summed E-state index contributed by atoms with van der Waals surface area (Å²) in [6.45, 7) is 3.85. The van der Waals surface area contributed by atoms with Crippen LogP contribution in [0.4, 0.5) is 0 Å². The summed E-state index contributed by atoms with van der Waals surface area (Å²) in [7, 11) is 0. The molecule has 2 nitrogen and oxygen atoms in total. The third kappa shape index (κ3) is 2.27. The second-order valence-electron chi connectivity index (χ2n) is 3.47. The minimum atomic E-state index is -0.534. The highest BCUT2D eigenvalue weighted by Gasteiger charge is 2.19. The molecule has 0 saturated carbocycles. The number of aliphatic hydroxyl groups is 1. The summed E-state index contributed by atoms with van der Waals surface area (Å²) in [4.78, 5) is 0. The van der Waals surface area contributed by atoms with Crippen molar-refractivity contribution in [3.8, 4) is 0 Å². The Labute approximate surface area is 89.7 Å². The molecule has 1 aromatic rings. The van der Waals surface area contributed by atoms with Crippen molar-refractivity contribution in [3.05, 3.63) is 34.3 Å². The Bertz CT molecular complexity index is 294. The van der Waals surface area contributed by atoms with Crippen LogP contribution in [-0.4, -0.2) is 11.2 Å². The minimum absolute atomic E-state index is 0.395. The molecule has 0 aliphatic heterocycles. The molecular formula is C11H16ClNO. The monoisotopic (exact) mass is 213 g/mol. The molecule has 14 heavy (non-hydrogen) atoms. The highest BCUT2D eigenvalue weighted by Crippen LogP contribution is 2.27. The van der Waals surface area contributed by atoms with Gasteiger partial charge in [0, 0.05) is 5.02 Å². The topological polar surface area (TPSA) is 46.2 Å². The molecule has 0 heterocycles. The van der Waals surface area contributed by atoms with Crippen molar-refractivity contribution in [1.82, 2.24) is 0 Å². The molecule has 1 aromatic carbocycles. The first-order valence-corrected chi connectivity index (χ1v) is 5.14. The van der Waals surface area contributed by atoms with Crippen LogP contribution in [0.25, 0.3) is 0 Å². The molecule has 0 aromatic heterocycles. The van der Waals surface area contributed by atoms with Crippen LogP contribution in [0, 0.1) is 6.92 Å². The van der Waals surface area contributed by atoms with Crippen molar-refractivity contribution in [1.29, 1.82) is 0 Å². The van der Waals surface area contributed by atoms with Crippen molar-refractivity contribution in [3.63, 3.8) is 0 Å². The lowest BCUT2D eigenvalue weighted by Crippen LogP contribution is -2.26. The highest BCUT2D eigenvalue weighted by molar-refractivity contribution is 6.31. The van der Waals surface area contributed by atoms with Gasteiger partial charge in [0.05, 0.1) is 12.1 Å². The Hall–Kier alpha value is -0.570. The number of rotatable bonds is 3. The van der Waals surface area contributed by atoms with Gasteiger partial charge in [0.25, 0.3) is 0 Å². The molecular weight excluding hydrogens is 198 g/mol. The van der Waals surface area contributed by atoms with Crippen molar-refractivity contribution in [2.45, 2.75) is 32.4 Å². The number of halogens is 1. The van der Waals surface area contributed by atoms with Gasteiger partial charge < -0.3 is 10.8 Å². The smallest absolute Gasteiger partial charge is 0.0730 e. The summed E-state index contributed by atoms with van der Waals surface area (Å²) in [5, 5.41) is 10.3. The van der Waals surface area contributed by atoms with Gasteiger partial charge in [-0.15, -0.1) is 0 Å². The number of hydrogen-bond donors (Lipinski definition) is 2. The van der Waals surface area contributed by atoms with E-state index in [1.807, 2.05) is 26.0 Å². The Kier molecular flexibility index (Phi) is 3.93. The Morgan fingerprint density at radius 3 is 2.64 bits per heavy atom. The van der Waals surface area contributed by atoms with E-state index in [9.17, 15) is 5.11 Å². The van der Waals surface area contributed by atoms with Crippen LogP contribution in [0.15, 0.2) is 18.2 Å². The van der Waals surface area contributed by atoms with Crippen LogP contribution in [0.3, 0.4) is 0 Å². The quantitative estimate of drug-likeness (QED) is 0.810. The van der Waals surface area contributed by atoms with E-state index in [2.05, 4.69) is 0 Å². The second kappa shape index (κ2) is 4.78. The average molecular weight is 214 g/mol. The van der Waals surface area contributed by atoms with E-state index in [4.69, 9.17) is 17.3 Å². The molecule has 2 atom stereocenters. The Balaban J connectivity index is 3.05. The highest BCUT2D eigenvalue weighted by atomic mass is 35.5. The standard InChI is InChI=1S/C11H16ClNO/c1-3-9(14)11(13)10-7(2)5-4-6-8(10)12/h4-6,9,11,14H,3,13H2,1-2H3/t9-,11-/m1/s1. The van der Waals surface area contributed by atoms with Gasteiger partial charge >= 0.3 is 0 Å². The molecule has 0 spiro atoms. The normalized spacial score (nSPS) is 15.2. The van der Waals surface area contributed by atoms with Gasteiger partial charge in [-0.3, -0.25) is 0 Å². The molecule has 1 rings (SSSR count). The number of aryl methyl sites for hydroxylation is 1. The van der Waals surface area contributed by atoms with Crippen molar-refractivity contribution >= 4 is 11.6 Å². The van der Waals surface area contributed by atoms with E-state index < -0.39 is 12.1 Å². The number of hydrogen-bond acceptors (Lipinski definition) is 2. The summed E-state index contributed by atoms with van der Waals surface area (Å²) in [5.74, 6) is 0. The van der Waals surface area contributed by atoms with Crippen LogP contribution in [0.1, 0.15) is 30.5 Å². The first-order valence-electron chi connectivity index (χ1n) is 4.76. The fourth-order valence-corrected chi connectivity index (χ4v) is 1.86. The third-order valence-electron chi connectivity index (χ3n) is 2.44. The van der Waals surface area contributed by atoms with Crippen LogP contribution in [-0.2, 0) is 0 Å². The predicted molar refractivity (Wildman–Crippen MR) is 59.4 cm³/mol. The largest absolute Gasteiger partial charge is 0.391 e. The molecule has 0 radical (unpaired) electrons. The third-order valence-corrected chi connectivity index (χ3v) is 2.77. The zero-order valence-electron chi connectivity index (χ0n) is 8.50. The summed E-state index contributed by atoms with van der Waals surface area (Å²) in [5.41, 5.74) is 7.79. The van der Waals surface area contributed by atoms with Gasteiger partial charge in [0.15, 0.2) is 0 Å². The SMILES string of the molecule is CC[C@@H](O)[C@@H](N)c1c(C)cccc1Cl. The first kappa shape index (κ1) is 11.5. The summed E-state index contributed by atoms with van der Waals surface area (Å²) in [6.07, 6.45) is 0.0971. The van der Waals surface area contributed by atoms with Gasteiger partial charge in [-0.2, -0.15) is 0 Å². The number of aliphatic hydroxyl groups excluding tert-OH is 1. The molecule has 0 aliphatic carbocycles. The molecule has 3 heteroatoms. The Morgan fingerprint density at radius 2 is 2.14 bits per heavy atom. The van der Waals surface area contributed by atoms with Crippen LogP contribution >= 0.6 is 11.6 Å². The van der Waals surface area contributed by atoms with Gasteiger partial charge in [-0.1, -0.05) is 30.7 Å². The van der Waals surface area contributed by atoms with Gasteiger partial charge in [-0.05, 0) is 30.5 Å². The van der Waals surface area contributed by atoms with E-state index in [0.717, 1.165) is 11.1 Å². The lowest BCUT2D eigenvalue weighted by Gasteiger charge is -2.20. The Morgan fingerprint density at radius 1 is 1.50 bits per heavy atom. The van der Waals surface area contributed by atoms with E-state index in [1.165, 1.54) is 0 Å². The van der Waals surface area contributed by atoms with E-state index in [0.29, 0.717) is 11.4 Å². The summed E-state index contributed by atoms with van der Waals surface area (Å²) >= 11 is 6.03. The van der Waals surface area contributed by atoms with Crippen LogP contribution in [0.5, 0.6) is 0 Å². The lowest BCUT2D eigenvalue weighted by atomic mass is 9.96. The molecule has 0 aliphatic rings. The van der Waals surface area contributed by atoms with Crippen LogP contribution in [0.2, 0.25) is 5.02 Å². The van der Waals surface area contributed by atoms with E-state index in [1.54, 1.807) is 6.07 Å². The molecule has 0 saturated heterocycles. The molecule has 0 bridgehead atoms. The fourth-order valence-electron chi connectivity index (χ4n) is 1.51. The maximum Gasteiger partial charge on any atom is 0.0730 e. The predicted octanol–water partition coefficient (Wildman–Crippen LogP) is 2.42.